The van der Waals surface area contributed by atoms with Gasteiger partial charge in [-0.3, -0.25) is 4.79 Å². The van der Waals surface area contributed by atoms with Crippen LogP contribution in [0.1, 0.15) is 18.9 Å². The van der Waals surface area contributed by atoms with E-state index < -0.39 is 0 Å². The monoisotopic (exact) mass is 281 g/mol. The minimum atomic E-state index is -0.254. The number of nitrogens with zero attached hydrogens (tertiary/aromatic N) is 1. The maximum absolute atomic E-state index is 11.5. The molecule has 1 N–H and O–H groups in total. The molecule has 21 heavy (non-hydrogen) atoms. The van der Waals surface area contributed by atoms with Gasteiger partial charge in [-0.05, 0) is 43.7 Å². The van der Waals surface area contributed by atoms with Crippen LogP contribution in [-0.4, -0.2) is 16.8 Å². The number of allylic oxidation sites excluding steroid dienone is 3. The van der Waals surface area contributed by atoms with Crippen molar-refractivity contribution in [3.05, 3.63) is 58.9 Å². The van der Waals surface area contributed by atoms with E-state index in [0.717, 1.165) is 16.7 Å². The maximum atomic E-state index is 11.5. The smallest absolute Gasteiger partial charge is 0.315 e. The number of phenolic OH excluding ortho intramolecular Hbond substituents is 1. The highest BCUT2D eigenvalue weighted by Crippen LogP contribution is 2.31. The molecular formula is C17H15NO3. The minimum Gasteiger partial charge on any atom is -0.506 e. The molecule has 4 nitrogen and oxygen atoms in total. The SMILES string of the molecule is CC1=C2C=CC(=Nc3ccc(C)cc3O)C=C2OC(=O)C1. The van der Waals surface area contributed by atoms with Gasteiger partial charge in [0.1, 0.15) is 17.2 Å². The Morgan fingerprint density at radius 1 is 1.24 bits per heavy atom. The molecule has 106 valence electrons. The number of carbonyl (C=O) groups is 1. The fraction of sp³-hybridized carbons (Fsp3) is 0.176. The first-order valence-electron chi connectivity index (χ1n) is 6.72. The van der Waals surface area contributed by atoms with Crippen LogP contribution in [0.3, 0.4) is 0 Å². The highest BCUT2D eigenvalue weighted by atomic mass is 16.5. The lowest BCUT2D eigenvalue weighted by Gasteiger charge is -2.20. The molecule has 4 heteroatoms. The van der Waals surface area contributed by atoms with Crippen LogP contribution in [0.5, 0.6) is 5.75 Å². The molecule has 3 rings (SSSR count). The highest BCUT2D eigenvalue weighted by molar-refractivity contribution is 6.08. The summed E-state index contributed by atoms with van der Waals surface area (Å²) in [7, 11) is 0. The van der Waals surface area contributed by atoms with Crippen LogP contribution in [-0.2, 0) is 9.53 Å². The number of aliphatic imine (C=N–C) groups is 1. The molecule has 1 aliphatic heterocycles. The van der Waals surface area contributed by atoms with E-state index in [1.807, 2.05) is 32.1 Å². The van der Waals surface area contributed by atoms with Crippen molar-refractivity contribution < 1.29 is 14.6 Å². The third kappa shape index (κ3) is 2.65. The molecule has 1 heterocycles. The van der Waals surface area contributed by atoms with Crippen molar-refractivity contribution in [2.24, 2.45) is 4.99 Å². The average molecular weight is 281 g/mol. The van der Waals surface area contributed by atoms with Crippen LogP contribution in [0.25, 0.3) is 0 Å². The summed E-state index contributed by atoms with van der Waals surface area (Å²) in [5.74, 6) is 0.402. The summed E-state index contributed by atoms with van der Waals surface area (Å²) in [4.78, 5) is 15.9. The number of benzene rings is 1. The summed E-state index contributed by atoms with van der Waals surface area (Å²) >= 11 is 0. The van der Waals surface area contributed by atoms with E-state index in [1.54, 1.807) is 18.2 Å². The number of phenols is 1. The lowest BCUT2D eigenvalue weighted by Crippen LogP contribution is -2.16. The fourth-order valence-electron chi connectivity index (χ4n) is 2.36. The van der Waals surface area contributed by atoms with E-state index in [-0.39, 0.29) is 11.7 Å². The van der Waals surface area contributed by atoms with E-state index in [0.29, 0.717) is 23.6 Å². The zero-order chi connectivity index (χ0) is 15.0. The van der Waals surface area contributed by atoms with Gasteiger partial charge in [-0.1, -0.05) is 11.6 Å². The van der Waals surface area contributed by atoms with Crippen molar-refractivity contribution in [1.29, 1.82) is 0 Å². The molecule has 1 aromatic rings. The predicted molar refractivity (Wildman–Crippen MR) is 80.6 cm³/mol. The molecule has 0 saturated heterocycles. The molecular weight excluding hydrogens is 266 g/mol. The normalized spacial score (nSPS) is 19.4. The fourth-order valence-corrected chi connectivity index (χ4v) is 2.36. The summed E-state index contributed by atoms with van der Waals surface area (Å²) in [6.07, 6.45) is 5.78. The Morgan fingerprint density at radius 3 is 2.81 bits per heavy atom. The molecule has 1 aliphatic carbocycles. The van der Waals surface area contributed by atoms with Crippen molar-refractivity contribution in [2.75, 3.05) is 0 Å². The number of fused-ring (bicyclic) bond motifs is 1. The van der Waals surface area contributed by atoms with Gasteiger partial charge in [0, 0.05) is 11.6 Å². The van der Waals surface area contributed by atoms with Gasteiger partial charge in [0.2, 0.25) is 0 Å². The number of rotatable bonds is 1. The largest absolute Gasteiger partial charge is 0.506 e. The number of hydrogen-bond donors (Lipinski definition) is 1. The molecule has 0 spiro atoms. The average Bonchev–Trinajstić information content (AvgIpc) is 2.41. The maximum Gasteiger partial charge on any atom is 0.315 e. The summed E-state index contributed by atoms with van der Waals surface area (Å²) in [6, 6.07) is 5.30. The van der Waals surface area contributed by atoms with Gasteiger partial charge in [0.25, 0.3) is 0 Å². The van der Waals surface area contributed by atoms with Gasteiger partial charge < -0.3 is 9.84 Å². The van der Waals surface area contributed by atoms with Crippen LogP contribution in [0.4, 0.5) is 5.69 Å². The van der Waals surface area contributed by atoms with Gasteiger partial charge in [-0.2, -0.15) is 0 Å². The lowest BCUT2D eigenvalue weighted by atomic mass is 9.97. The Hall–Kier alpha value is -2.62. The van der Waals surface area contributed by atoms with E-state index in [2.05, 4.69) is 4.99 Å². The first kappa shape index (κ1) is 13.4. The predicted octanol–water partition coefficient (Wildman–Crippen LogP) is 3.49. The van der Waals surface area contributed by atoms with Crippen LogP contribution in [0, 0.1) is 6.92 Å². The number of aromatic hydroxyl groups is 1. The number of hydrogen-bond acceptors (Lipinski definition) is 4. The molecule has 0 fully saturated rings. The Kier molecular flexibility index (Phi) is 3.22. The molecule has 1 aromatic carbocycles. The van der Waals surface area contributed by atoms with Crippen LogP contribution >= 0.6 is 0 Å². The Balaban J connectivity index is 1.99. The quantitative estimate of drug-likeness (QED) is 0.802. The first-order valence-corrected chi connectivity index (χ1v) is 6.72. The zero-order valence-electron chi connectivity index (χ0n) is 11.9. The third-order valence-corrected chi connectivity index (χ3v) is 3.44. The molecule has 0 saturated carbocycles. The van der Waals surface area contributed by atoms with Gasteiger partial charge in [-0.15, -0.1) is 0 Å². The number of aryl methyl sites for hydroxylation is 1. The number of esters is 1. The highest BCUT2D eigenvalue weighted by Gasteiger charge is 2.22. The topological polar surface area (TPSA) is 58.9 Å². The summed E-state index contributed by atoms with van der Waals surface area (Å²) < 4.78 is 5.25. The van der Waals surface area contributed by atoms with Gasteiger partial charge >= 0.3 is 5.97 Å². The second kappa shape index (κ2) is 5.05. The van der Waals surface area contributed by atoms with Crippen molar-refractivity contribution in [1.82, 2.24) is 0 Å². The van der Waals surface area contributed by atoms with Crippen molar-refractivity contribution in [3.63, 3.8) is 0 Å². The molecule has 0 unspecified atom stereocenters. The molecule has 2 aliphatic rings. The van der Waals surface area contributed by atoms with E-state index in [1.165, 1.54) is 0 Å². The number of carbonyl (C=O) groups excluding carboxylic acids is 1. The molecule has 0 aromatic heterocycles. The van der Waals surface area contributed by atoms with E-state index in [4.69, 9.17) is 4.74 Å². The van der Waals surface area contributed by atoms with Crippen LogP contribution in [0.15, 0.2) is 58.3 Å². The molecule has 0 radical (unpaired) electrons. The Labute approximate surface area is 122 Å². The summed E-state index contributed by atoms with van der Waals surface area (Å²) in [6.45, 7) is 3.82. The first-order chi connectivity index (χ1) is 10.0. The van der Waals surface area contributed by atoms with Gasteiger partial charge in [-0.25, -0.2) is 4.99 Å². The third-order valence-electron chi connectivity index (χ3n) is 3.44. The second-order valence-electron chi connectivity index (χ2n) is 5.22. The minimum absolute atomic E-state index is 0.132. The Bertz CT molecular complexity index is 751. The van der Waals surface area contributed by atoms with Crippen molar-refractivity contribution in [2.45, 2.75) is 20.3 Å². The summed E-state index contributed by atoms with van der Waals surface area (Å²) in [5.41, 5.74) is 4.02. The van der Waals surface area contributed by atoms with Crippen LogP contribution < -0.4 is 0 Å². The zero-order valence-corrected chi connectivity index (χ0v) is 11.9. The van der Waals surface area contributed by atoms with Crippen LogP contribution in [0.2, 0.25) is 0 Å². The number of ether oxygens (including phenoxy) is 1. The second-order valence-corrected chi connectivity index (χ2v) is 5.22. The lowest BCUT2D eigenvalue weighted by molar-refractivity contribution is -0.138. The van der Waals surface area contributed by atoms with Gasteiger partial charge in [0.15, 0.2) is 0 Å². The van der Waals surface area contributed by atoms with E-state index >= 15 is 0 Å². The van der Waals surface area contributed by atoms with Crippen molar-refractivity contribution >= 4 is 17.4 Å². The van der Waals surface area contributed by atoms with Gasteiger partial charge in [0.05, 0.1) is 12.1 Å². The molecule has 0 atom stereocenters. The molecule has 0 amide bonds. The standard InChI is InChI=1S/C17H15NO3/c1-10-3-6-14(15(19)7-10)18-12-4-5-13-11(2)8-17(20)21-16(13)9-12/h3-7,9,19H,8H2,1-2H3. The van der Waals surface area contributed by atoms with E-state index in [9.17, 15) is 9.90 Å². The summed E-state index contributed by atoms with van der Waals surface area (Å²) in [5, 5.41) is 9.89. The molecule has 0 bridgehead atoms. The van der Waals surface area contributed by atoms with Crippen molar-refractivity contribution in [3.8, 4) is 5.75 Å². The Morgan fingerprint density at radius 2 is 2.05 bits per heavy atom.